The molecular formula is C9H7Cl2NOS. The average molecular weight is 248 g/mol. The van der Waals surface area contributed by atoms with Crippen LogP contribution in [0.15, 0.2) is 16.5 Å². The van der Waals surface area contributed by atoms with Gasteiger partial charge in [0.25, 0.3) is 0 Å². The summed E-state index contributed by atoms with van der Waals surface area (Å²) < 4.78 is 6.20. The fourth-order valence-electron chi connectivity index (χ4n) is 1.09. The summed E-state index contributed by atoms with van der Waals surface area (Å²) >= 11 is 12.9. The Labute approximate surface area is 95.5 Å². The van der Waals surface area contributed by atoms with E-state index in [1.807, 2.05) is 19.1 Å². The lowest BCUT2D eigenvalue weighted by atomic mass is 10.4. The topological polar surface area (TPSA) is 26.0 Å². The van der Waals surface area contributed by atoms with E-state index in [0.29, 0.717) is 17.5 Å². The summed E-state index contributed by atoms with van der Waals surface area (Å²) in [7, 11) is 0. The predicted molar refractivity (Wildman–Crippen MR) is 59.1 cm³/mol. The second kappa shape index (κ2) is 3.93. The zero-order valence-corrected chi connectivity index (χ0v) is 9.71. The van der Waals surface area contributed by atoms with Crippen LogP contribution in [0.2, 0.25) is 4.34 Å². The summed E-state index contributed by atoms with van der Waals surface area (Å²) in [6.45, 7) is 1.87. The number of rotatable bonds is 2. The molecule has 0 amide bonds. The summed E-state index contributed by atoms with van der Waals surface area (Å²) in [4.78, 5) is 5.19. The van der Waals surface area contributed by atoms with Gasteiger partial charge in [-0.3, -0.25) is 0 Å². The predicted octanol–water partition coefficient (Wildman–Crippen LogP) is 4.10. The number of hydrogen-bond donors (Lipinski definition) is 0. The smallest absolute Gasteiger partial charge is 0.236 e. The van der Waals surface area contributed by atoms with Crippen LogP contribution < -0.4 is 0 Å². The first-order valence-corrected chi connectivity index (χ1v) is 5.71. The van der Waals surface area contributed by atoms with Crippen molar-refractivity contribution in [2.45, 2.75) is 12.8 Å². The van der Waals surface area contributed by atoms with E-state index in [1.165, 1.54) is 11.3 Å². The van der Waals surface area contributed by atoms with Crippen LogP contribution in [0.5, 0.6) is 0 Å². The number of nitrogens with zero attached hydrogens (tertiary/aromatic N) is 1. The van der Waals surface area contributed by atoms with Crippen molar-refractivity contribution in [3.8, 4) is 10.8 Å². The van der Waals surface area contributed by atoms with Gasteiger partial charge < -0.3 is 4.42 Å². The van der Waals surface area contributed by atoms with Gasteiger partial charge in [0.2, 0.25) is 5.89 Å². The third-order valence-corrected chi connectivity index (χ3v) is 3.26. The van der Waals surface area contributed by atoms with E-state index < -0.39 is 0 Å². The molecular weight excluding hydrogens is 241 g/mol. The van der Waals surface area contributed by atoms with Crippen molar-refractivity contribution in [2.24, 2.45) is 0 Å². The molecule has 0 N–H and O–H groups in total. The molecule has 2 aromatic rings. The highest BCUT2D eigenvalue weighted by atomic mass is 35.5. The van der Waals surface area contributed by atoms with Crippen LogP contribution in [0.3, 0.4) is 0 Å². The largest absolute Gasteiger partial charge is 0.439 e. The van der Waals surface area contributed by atoms with Gasteiger partial charge in [-0.25, -0.2) is 4.98 Å². The van der Waals surface area contributed by atoms with Crippen LogP contribution in [0.25, 0.3) is 10.8 Å². The van der Waals surface area contributed by atoms with Gasteiger partial charge in [-0.05, 0) is 19.1 Å². The minimum Gasteiger partial charge on any atom is -0.439 e. The third kappa shape index (κ3) is 1.80. The van der Waals surface area contributed by atoms with Crippen molar-refractivity contribution in [1.82, 2.24) is 4.98 Å². The summed E-state index contributed by atoms with van der Waals surface area (Å²) in [5.74, 6) is 1.65. The lowest BCUT2D eigenvalue weighted by Gasteiger charge is -1.86. The van der Waals surface area contributed by atoms with E-state index >= 15 is 0 Å². The number of halogens is 2. The van der Waals surface area contributed by atoms with Crippen molar-refractivity contribution in [3.63, 3.8) is 0 Å². The number of thiophene rings is 1. The van der Waals surface area contributed by atoms with E-state index in [0.717, 1.165) is 14.9 Å². The molecule has 2 aromatic heterocycles. The number of oxazole rings is 1. The van der Waals surface area contributed by atoms with E-state index in [9.17, 15) is 0 Å². The monoisotopic (exact) mass is 247 g/mol. The van der Waals surface area contributed by atoms with Crippen molar-refractivity contribution in [1.29, 1.82) is 0 Å². The van der Waals surface area contributed by atoms with Gasteiger partial charge in [0, 0.05) is 0 Å². The Morgan fingerprint density at radius 1 is 1.50 bits per heavy atom. The minimum atomic E-state index is 0.345. The molecule has 0 saturated heterocycles. The second-order valence-corrected chi connectivity index (χ2v) is 4.75. The van der Waals surface area contributed by atoms with Gasteiger partial charge in [0.05, 0.1) is 20.8 Å². The van der Waals surface area contributed by atoms with Crippen molar-refractivity contribution < 1.29 is 4.42 Å². The van der Waals surface area contributed by atoms with Gasteiger partial charge >= 0.3 is 0 Å². The molecule has 2 nitrogen and oxygen atoms in total. The molecule has 0 aromatic carbocycles. The van der Waals surface area contributed by atoms with Crippen LogP contribution in [-0.4, -0.2) is 4.98 Å². The Morgan fingerprint density at radius 2 is 2.29 bits per heavy atom. The van der Waals surface area contributed by atoms with Crippen LogP contribution in [-0.2, 0) is 5.88 Å². The summed E-state index contributed by atoms with van der Waals surface area (Å²) in [6, 6.07) is 3.71. The van der Waals surface area contributed by atoms with E-state index in [2.05, 4.69) is 4.98 Å². The molecule has 5 heteroatoms. The Balaban J connectivity index is 2.42. The zero-order chi connectivity index (χ0) is 10.1. The lowest BCUT2D eigenvalue weighted by molar-refractivity contribution is 0.537. The molecule has 0 saturated carbocycles. The molecule has 0 aliphatic carbocycles. The number of aromatic nitrogens is 1. The highest BCUT2D eigenvalue weighted by Gasteiger charge is 2.11. The van der Waals surface area contributed by atoms with Crippen LogP contribution in [0, 0.1) is 6.92 Å². The molecule has 0 spiro atoms. The maximum atomic E-state index is 5.81. The van der Waals surface area contributed by atoms with Gasteiger partial charge in [0.1, 0.15) is 5.76 Å². The lowest BCUT2D eigenvalue weighted by Crippen LogP contribution is -1.76. The van der Waals surface area contributed by atoms with Gasteiger partial charge in [-0.15, -0.1) is 22.9 Å². The molecule has 0 bridgehead atoms. The Morgan fingerprint density at radius 3 is 2.79 bits per heavy atom. The molecule has 2 rings (SSSR count). The Hall–Kier alpha value is -0.510. The van der Waals surface area contributed by atoms with E-state index in [4.69, 9.17) is 27.6 Å². The van der Waals surface area contributed by atoms with Crippen molar-refractivity contribution in [2.75, 3.05) is 0 Å². The summed E-state index contributed by atoms with van der Waals surface area (Å²) in [6.07, 6.45) is 0. The summed E-state index contributed by atoms with van der Waals surface area (Å²) in [5.41, 5.74) is 0.833. The molecule has 0 unspecified atom stereocenters. The molecule has 0 atom stereocenters. The van der Waals surface area contributed by atoms with Crippen LogP contribution >= 0.6 is 34.5 Å². The molecule has 2 heterocycles. The molecule has 0 aliphatic heterocycles. The molecule has 0 aliphatic rings. The SMILES string of the molecule is Cc1nc(-c2ccc(Cl)s2)oc1CCl. The molecule has 14 heavy (non-hydrogen) atoms. The van der Waals surface area contributed by atoms with Gasteiger partial charge in [-0.1, -0.05) is 11.6 Å². The van der Waals surface area contributed by atoms with E-state index in [1.54, 1.807) is 0 Å². The van der Waals surface area contributed by atoms with E-state index in [-0.39, 0.29) is 0 Å². The average Bonchev–Trinajstić information content (AvgIpc) is 2.71. The first kappa shape index (κ1) is 10.0. The molecule has 0 fully saturated rings. The zero-order valence-electron chi connectivity index (χ0n) is 7.38. The maximum Gasteiger partial charge on any atom is 0.236 e. The van der Waals surface area contributed by atoms with Gasteiger partial charge in [-0.2, -0.15) is 0 Å². The summed E-state index contributed by atoms with van der Waals surface area (Å²) in [5, 5.41) is 0. The Bertz CT molecular complexity index is 449. The standard InChI is InChI=1S/C9H7Cl2NOS/c1-5-6(4-10)13-9(12-5)7-2-3-8(11)14-7/h2-3H,4H2,1H3. The van der Waals surface area contributed by atoms with Gasteiger partial charge in [0.15, 0.2) is 0 Å². The number of alkyl halides is 1. The first-order valence-electron chi connectivity index (χ1n) is 3.98. The number of hydrogen-bond acceptors (Lipinski definition) is 3. The minimum absolute atomic E-state index is 0.345. The van der Waals surface area contributed by atoms with Crippen LogP contribution in [0.1, 0.15) is 11.5 Å². The quantitative estimate of drug-likeness (QED) is 0.747. The van der Waals surface area contributed by atoms with Crippen molar-refractivity contribution >= 4 is 34.5 Å². The van der Waals surface area contributed by atoms with Crippen LogP contribution in [0.4, 0.5) is 0 Å². The number of aryl methyl sites for hydroxylation is 1. The fourth-order valence-corrected chi connectivity index (χ4v) is 2.30. The highest BCUT2D eigenvalue weighted by Crippen LogP contribution is 2.31. The Kier molecular flexibility index (Phi) is 2.81. The fraction of sp³-hybridized carbons (Fsp3) is 0.222. The highest BCUT2D eigenvalue weighted by molar-refractivity contribution is 7.19. The second-order valence-electron chi connectivity index (χ2n) is 2.76. The first-order chi connectivity index (χ1) is 6.70. The maximum absolute atomic E-state index is 5.81. The normalized spacial score (nSPS) is 10.8. The molecule has 74 valence electrons. The van der Waals surface area contributed by atoms with Crippen molar-refractivity contribution in [3.05, 3.63) is 27.9 Å². The third-order valence-electron chi connectivity index (χ3n) is 1.80. The molecule has 0 radical (unpaired) electrons.